The Morgan fingerprint density at radius 3 is 2.40 bits per heavy atom. The molecule has 2 N–H and O–H groups in total. The molecule has 1 rings (SSSR count). The number of hydrogen-bond acceptors (Lipinski definition) is 4. The van der Waals surface area contributed by atoms with Crippen LogP contribution in [0.5, 0.6) is 0 Å². The van der Waals surface area contributed by atoms with Gasteiger partial charge in [0, 0.05) is 6.04 Å². The van der Waals surface area contributed by atoms with Gasteiger partial charge in [0.2, 0.25) is 5.91 Å². The lowest BCUT2D eigenvalue weighted by molar-refractivity contribution is -0.138. The number of sulfone groups is 1. The number of carbonyl (C=O) groups excluding carboxylic acids is 1. The molecular formula is C13H23NO5S. The zero-order valence-corrected chi connectivity index (χ0v) is 12.8. The van der Waals surface area contributed by atoms with Crippen LogP contribution in [-0.2, 0) is 19.4 Å². The van der Waals surface area contributed by atoms with Gasteiger partial charge in [0.1, 0.15) is 5.75 Å². The Morgan fingerprint density at radius 2 is 1.95 bits per heavy atom. The summed E-state index contributed by atoms with van der Waals surface area (Å²) in [5, 5.41) is 11.4. The number of aliphatic carboxylic acids is 1. The van der Waals surface area contributed by atoms with Gasteiger partial charge in [-0.05, 0) is 31.6 Å². The standard InChI is InChI=1S/C13H23NO5S/c1-3-4-10(2)14-11(15)8-20(18,19)9-13(5-6-13)7-12(16)17/h10H,3-9H2,1-2H3,(H,14,15)(H,16,17). The van der Waals surface area contributed by atoms with Crippen LogP contribution in [0.15, 0.2) is 0 Å². The third-order valence-electron chi connectivity index (χ3n) is 3.49. The van der Waals surface area contributed by atoms with E-state index in [1.54, 1.807) is 0 Å². The average molecular weight is 305 g/mol. The van der Waals surface area contributed by atoms with E-state index in [2.05, 4.69) is 5.32 Å². The Morgan fingerprint density at radius 1 is 1.35 bits per heavy atom. The highest BCUT2D eigenvalue weighted by Crippen LogP contribution is 2.49. The lowest BCUT2D eigenvalue weighted by Crippen LogP contribution is -2.38. The first-order valence-electron chi connectivity index (χ1n) is 6.90. The van der Waals surface area contributed by atoms with E-state index in [0.717, 1.165) is 12.8 Å². The number of carboxylic acid groups (broad SMARTS) is 1. The number of amides is 1. The van der Waals surface area contributed by atoms with E-state index in [1.165, 1.54) is 0 Å². The van der Waals surface area contributed by atoms with Crippen LogP contribution in [0.4, 0.5) is 0 Å². The quantitative estimate of drug-likeness (QED) is 0.661. The second kappa shape index (κ2) is 6.56. The third-order valence-corrected chi connectivity index (χ3v) is 5.24. The number of nitrogens with one attached hydrogen (secondary N) is 1. The van der Waals surface area contributed by atoms with Gasteiger partial charge in [0.15, 0.2) is 9.84 Å². The SMILES string of the molecule is CCCC(C)NC(=O)CS(=O)(=O)CC1(CC(=O)O)CC1. The van der Waals surface area contributed by atoms with Crippen molar-refractivity contribution in [3.8, 4) is 0 Å². The van der Waals surface area contributed by atoms with Crippen molar-refractivity contribution in [1.82, 2.24) is 5.32 Å². The molecule has 1 fully saturated rings. The van der Waals surface area contributed by atoms with Gasteiger partial charge < -0.3 is 10.4 Å². The highest BCUT2D eigenvalue weighted by atomic mass is 32.2. The number of carboxylic acids is 1. The van der Waals surface area contributed by atoms with Crippen LogP contribution in [0.2, 0.25) is 0 Å². The second-order valence-corrected chi connectivity index (χ2v) is 7.92. The molecule has 0 aromatic carbocycles. The predicted octanol–water partition coefficient (Wildman–Crippen LogP) is 0.961. The fraction of sp³-hybridized carbons (Fsp3) is 0.846. The molecule has 1 unspecified atom stereocenters. The summed E-state index contributed by atoms with van der Waals surface area (Å²) in [6, 6.07) is -0.0448. The Bertz CT molecular complexity index is 467. The second-order valence-electron chi connectivity index (χ2n) is 5.86. The molecule has 1 aliphatic rings. The average Bonchev–Trinajstić information content (AvgIpc) is 2.93. The molecule has 7 heteroatoms. The molecule has 0 aromatic rings. The first-order valence-corrected chi connectivity index (χ1v) is 8.72. The van der Waals surface area contributed by atoms with Crippen molar-refractivity contribution in [3.63, 3.8) is 0 Å². The molecule has 0 radical (unpaired) electrons. The molecule has 1 atom stereocenters. The van der Waals surface area contributed by atoms with E-state index < -0.39 is 32.9 Å². The van der Waals surface area contributed by atoms with Crippen molar-refractivity contribution in [2.45, 2.75) is 52.0 Å². The smallest absolute Gasteiger partial charge is 0.303 e. The van der Waals surface area contributed by atoms with Gasteiger partial charge in [-0.25, -0.2) is 8.42 Å². The van der Waals surface area contributed by atoms with Gasteiger partial charge in [-0.3, -0.25) is 9.59 Å². The Balaban J connectivity index is 2.49. The van der Waals surface area contributed by atoms with Gasteiger partial charge in [-0.15, -0.1) is 0 Å². The lowest BCUT2D eigenvalue weighted by atomic mass is 10.1. The minimum atomic E-state index is -3.56. The summed E-state index contributed by atoms with van der Waals surface area (Å²) in [7, 11) is -3.56. The van der Waals surface area contributed by atoms with Crippen LogP contribution in [0.25, 0.3) is 0 Å². The van der Waals surface area contributed by atoms with Crippen molar-refractivity contribution >= 4 is 21.7 Å². The van der Waals surface area contributed by atoms with Crippen molar-refractivity contribution in [1.29, 1.82) is 0 Å². The van der Waals surface area contributed by atoms with E-state index in [1.807, 2.05) is 13.8 Å². The number of carbonyl (C=O) groups is 2. The highest BCUT2D eigenvalue weighted by molar-refractivity contribution is 7.92. The lowest BCUT2D eigenvalue weighted by Gasteiger charge is -2.15. The number of rotatable bonds is 9. The molecular weight excluding hydrogens is 282 g/mol. The fourth-order valence-electron chi connectivity index (χ4n) is 2.41. The molecule has 0 heterocycles. The molecule has 1 aliphatic carbocycles. The van der Waals surface area contributed by atoms with Crippen molar-refractivity contribution in [2.75, 3.05) is 11.5 Å². The van der Waals surface area contributed by atoms with E-state index in [-0.39, 0.29) is 18.2 Å². The van der Waals surface area contributed by atoms with Crippen molar-refractivity contribution in [3.05, 3.63) is 0 Å². The third kappa shape index (κ3) is 5.90. The summed E-state index contributed by atoms with van der Waals surface area (Å²) in [6.07, 6.45) is 2.78. The molecule has 20 heavy (non-hydrogen) atoms. The van der Waals surface area contributed by atoms with Crippen LogP contribution >= 0.6 is 0 Å². The maximum absolute atomic E-state index is 12.0. The normalized spacial score (nSPS) is 18.3. The first-order chi connectivity index (χ1) is 9.18. The highest BCUT2D eigenvalue weighted by Gasteiger charge is 2.47. The van der Waals surface area contributed by atoms with Gasteiger partial charge >= 0.3 is 5.97 Å². The molecule has 1 saturated carbocycles. The summed E-state index contributed by atoms with van der Waals surface area (Å²) in [4.78, 5) is 22.4. The molecule has 116 valence electrons. The minimum absolute atomic E-state index is 0.0448. The van der Waals surface area contributed by atoms with Gasteiger partial charge in [-0.2, -0.15) is 0 Å². The largest absolute Gasteiger partial charge is 0.481 e. The topological polar surface area (TPSA) is 101 Å². The zero-order valence-electron chi connectivity index (χ0n) is 12.0. The maximum Gasteiger partial charge on any atom is 0.303 e. The summed E-state index contributed by atoms with van der Waals surface area (Å²) in [6.45, 7) is 3.82. The van der Waals surface area contributed by atoms with Crippen molar-refractivity contribution < 1.29 is 23.1 Å². The first kappa shape index (κ1) is 16.9. The van der Waals surface area contributed by atoms with Crippen molar-refractivity contribution in [2.24, 2.45) is 5.41 Å². The van der Waals surface area contributed by atoms with E-state index in [0.29, 0.717) is 12.8 Å². The van der Waals surface area contributed by atoms with E-state index in [9.17, 15) is 18.0 Å². The molecule has 0 saturated heterocycles. The molecule has 0 spiro atoms. The molecule has 0 aliphatic heterocycles. The fourth-order valence-corrected chi connectivity index (χ4v) is 4.32. The van der Waals surface area contributed by atoms with Crippen LogP contribution < -0.4 is 5.32 Å². The van der Waals surface area contributed by atoms with Gasteiger partial charge in [-0.1, -0.05) is 13.3 Å². The summed E-state index contributed by atoms with van der Waals surface area (Å²) < 4.78 is 23.9. The molecule has 0 bridgehead atoms. The minimum Gasteiger partial charge on any atom is -0.481 e. The van der Waals surface area contributed by atoms with Crippen LogP contribution in [-0.4, -0.2) is 42.9 Å². The zero-order chi connectivity index (χ0) is 15.4. The molecule has 1 amide bonds. The monoisotopic (exact) mass is 305 g/mol. The van der Waals surface area contributed by atoms with Crippen LogP contribution in [0, 0.1) is 5.41 Å². The summed E-state index contributed by atoms with van der Waals surface area (Å²) in [5.41, 5.74) is -0.639. The van der Waals surface area contributed by atoms with Crippen LogP contribution in [0.1, 0.15) is 46.0 Å². The molecule has 6 nitrogen and oxygen atoms in total. The number of hydrogen-bond donors (Lipinski definition) is 2. The van der Waals surface area contributed by atoms with Gasteiger partial charge in [0.25, 0.3) is 0 Å². The van der Waals surface area contributed by atoms with E-state index in [4.69, 9.17) is 5.11 Å². The summed E-state index contributed by atoms with van der Waals surface area (Å²) >= 11 is 0. The predicted molar refractivity (Wildman–Crippen MR) is 75.1 cm³/mol. The Labute approximate surface area is 119 Å². The van der Waals surface area contributed by atoms with Gasteiger partial charge in [0.05, 0.1) is 12.2 Å². The maximum atomic E-state index is 12.0. The van der Waals surface area contributed by atoms with Crippen LogP contribution in [0.3, 0.4) is 0 Å². The summed E-state index contributed by atoms with van der Waals surface area (Å²) in [5.74, 6) is -2.25. The Kier molecular flexibility index (Phi) is 5.56. The molecule has 0 aromatic heterocycles. The van der Waals surface area contributed by atoms with E-state index >= 15 is 0 Å². The Hall–Kier alpha value is -1.11.